The minimum absolute atomic E-state index is 0.179. The maximum absolute atomic E-state index is 12.9. The zero-order valence-electron chi connectivity index (χ0n) is 11.4. The van der Waals surface area contributed by atoms with Crippen molar-refractivity contribution >= 4 is 0 Å². The zero-order valence-corrected chi connectivity index (χ0v) is 11.4. The van der Waals surface area contributed by atoms with Gasteiger partial charge in [-0.1, -0.05) is 25.5 Å². The third-order valence-electron chi connectivity index (χ3n) is 3.04. The number of nitrogens with one attached hydrogen (secondary N) is 1. The lowest BCUT2D eigenvalue weighted by molar-refractivity contribution is 0.124. The van der Waals surface area contributed by atoms with Crippen LogP contribution in [0.3, 0.4) is 0 Å². The van der Waals surface area contributed by atoms with Crippen LogP contribution in [-0.4, -0.2) is 26.8 Å². The molecule has 0 radical (unpaired) electrons. The number of halogens is 1. The van der Waals surface area contributed by atoms with Gasteiger partial charge in [-0.25, -0.2) is 4.39 Å². The SMILES string of the molecule is CCCCOCCC(CNC)c1ccc(F)cc1. The van der Waals surface area contributed by atoms with Crippen LogP contribution < -0.4 is 5.32 Å². The van der Waals surface area contributed by atoms with E-state index >= 15 is 0 Å². The molecule has 102 valence electrons. The van der Waals surface area contributed by atoms with Crippen molar-refractivity contribution in [3.8, 4) is 0 Å². The van der Waals surface area contributed by atoms with Crippen LogP contribution >= 0.6 is 0 Å². The highest BCUT2D eigenvalue weighted by Gasteiger charge is 2.10. The van der Waals surface area contributed by atoms with Crippen molar-refractivity contribution < 1.29 is 9.13 Å². The summed E-state index contributed by atoms with van der Waals surface area (Å²) in [5.41, 5.74) is 1.17. The molecule has 1 aromatic rings. The van der Waals surface area contributed by atoms with Gasteiger partial charge in [-0.05, 0) is 43.5 Å². The average molecular weight is 253 g/mol. The van der Waals surface area contributed by atoms with E-state index < -0.39 is 0 Å². The number of benzene rings is 1. The van der Waals surface area contributed by atoms with Crippen LogP contribution in [0.25, 0.3) is 0 Å². The number of unbranched alkanes of at least 4 members (excludes halogenated alkanes) is 1. The first-order valence-electron chi connectivity index (χ1n) is 6.75. The fraction of sp³-hybridized carbons (Fsp3) is 0.600. The molecule has 0 amide bonds. The molecule has 1 N–H and O–H groups in total. The van der Waals surface area contributed by atoms with Crippen molar-refractivity contribution in [1.29, 1.82) is 0 Å². The number of hydrogen-bond donors (Lipinski definition) is 1. The topological polar surface area (TPSA) is 21.3 Å². The van der Waals surface area contributed by atoms with Crippen molar-refractivity contribution in [2.45, 2.75) is 32.1 Å². The van der Waals surface area contributed by atoms with E-state index in [0.29, 0.717) is 5.92 Å². The summed E-state index contributed by atoms with van der Waals surface area (Å²) < 4.78 is 18.5. The van der Waals surface area contributed by atoms with Crippen molar-refractivity contribution in [3.05, 3.63) is 35.6 Å². The van der Waals surface area contributed by atoms with Gasteiger partial charge >= 0.3 is 0 Å². The van der Waals surface area contributed by atoms with Crippen LogP contribution in [0, 0.1) is 5.82 Å². The van der Waals surface area contributed by atoms with E-state index in [1.807, 2.05) is 19.2 Å². The molecule has 0 heterocycles. The summed E-state index contributed by atoms with van der Waals surface area (Å²) in [6.45, 7) is 4.66. The fourth-order valence-corrected chi connectivity index (χ4v) is 1.94. The molecule has 1 aromatic carbocycles. The van der Waals surface area contributed by atoms with Gasteiger partial charge in [0.25, 0.3) is 0 Å². The molecule has 0 spiro atoms. The van der Waals surface area contributed by atoms with Gasteiger partial charge in [0, 0.05) is 19.8 Å². The van der Waals surface area contributed by atoms with Crippen LogP contribution in [0.2, 0.25) is 0 Å². The fourth-order valence-electron chi connectivity index (χ4n) is 1.94. The molecule has 0 aliphatic heterocycles. The van der Waals surface area contributed by atoms with Crippen molar-refractivity contribution in [2.75, 3.05) is 26.8 Å². The summed E-state index contributed by atoms with van der Waals surface area (Å²) in [4.78, 5) is 0. The lowest BCUT2D eigenvalue weighted by atomic mass is 9.96. The first kappa shape index (κ1) is 15.1. The number of rotatable bonds is 9. The highest BCUT2D eigenvalue weighted by molar-refractivity contribution is 5.20. The normalized spacial score (nSPS) is 12.6. The van der Waals surface area contributed by atoms with Crippen LogP contribution in [0.1, 0.15) is 37.7 Å². The molecule has 0 aliphatic rings. The predicted molar refractivity (Wildman–Crippen MR) is 73.4 cm³/mol. The first-order chi connectivity index (χ1) is 8.77. The van der Waals surface area contributed by atoms with Gasteiger partial charge in [-0.15, -0.1) is 0 Å². The van der Waals surface area contributed by atoms with Gasteiger partial charge in [0.05, 0.1) is 0 Å². The average Bonchev–Trinajstić information content (AvgIpc) is 2.38. The highest BCUT2D eigenvalue weighted by atomic mass is 19.1. The van der Waals surface area contributed by atoms with Crippen LogP contribution in [0.15, 0.2) is 24.3 Å². The third kappa shape index (κ3) is 5.61. The molecule has 0 aliphatic carbocycles. The Hall–Kier alpha value is -0.930. The molecule has 0 fully saturated rings. The van der Waals surface area contributed by atoms with E-state index in [1.54, 1.807) is 0 Å². The number of likely N-dealkylation sites (N-methyl/N-ethyl adjacent to an activating group) is 1. The highest BCUT2D eigenvalue weighted by Crippen LogP contribution is 2.19. The van der Waals surface area contributed by atoms with Gasteiger partial charge in [0.15, 0.2) is 0 Å². The number of ether oxygens (including phenoxy) is 1. The molecule has 3 heteroatoms. The lowest BCUT2D eigenvalue weighted by Crippen LogP contribution is -2.19. The second-order valence-electron chi connectivity index (χ2n) is 4.56. The molecule has 0 aromatic heterocycles. The summed E-state index contributed by atoms with van der Waals surface area (Å²) >= 11 is 0. The Morgan fingerprint density at radius 2 is 1.94 bits per heavy atom. The second-order valence-corrected chi connectivity index (χ2v) is 4.56. The summed E-state index contributed by atoms with van der Waals surface area (Å²) in [6.07, 6.45) is 3.25. The first-order valence-corrected chi connectivity index (χ1v) is 6.75. The summed E-state index contributed by atoms with van der Waals surface area (Å²) in [7, 11) is 1.94. The smallest absolute Gasteiger partial charge is 0.123 e. The Morgan fingerprint density at radius 1 is 1.22 bits per heavy atom. The zero-order chi connectivity index (χ0) is 13.2. The summed E-state index contributed by atoms with van der Waals surface area (Å²) in [6, 6.07) is 6.78. The Kier molecular flexibility index (Phi) is 7.62. The molecule has 1 atom stereocenters. The monoisotopic (exact) mass is 253 g/mol. The van der Waals surface area contributed by atoms with Crippen molar-refractivity contribution in [1.82, 2.24) is 5.32 Å². The molecular formula is C15H24FNO. The number of hydrogen-bond acceptors (Lipinski definition) is 2. The molecule has 1 unspecified atom stereocenters. The van der Waals surface area contributed by atoms with E-state index in [0.717, 1.165) is 39.0 Å². The second kappa shape index (κ2) is 9.06. The maximum atomic E-state index is 12.9. The van der Waals surface area contributed by atoms with E-state index in [9.17, 15) is 4.39 Å². The summed E-state index contributed by atoms with van der Waals surface area (Å²) in [5.74, 6) is 0.207. The van der Waals surface area contributed by atoms with Crippen molar-refractivity contribution in [2.24, 2.45) is 0 Å². The van der Waals surface area contributed by atoms with E-state index in [2.05, 4.69) is 12.2 Å². The van der Waals surface area contributed by atoms with E-state index in [-0.39, 0.29) is 5.82 Å². The van der Waals surface area contributed by atoms with Crippen molar-refractivity contribution in [3.63, 3.8) is 0 Å². The predicted octanol–water partition coefficient (Wildman–Crippen LogP) is 3.34. The molecule has 0 saturated carbocycles. The Balaban J connectivity index is 2.41. The Labute approximate surface area is 110 Å². The van der Waals surface area contributed by atoms with Gasteiger partial charge in [-0.2, -0.15) is 0 Å². The quantitative estimate of drug-likeness (QED) is 0.682. The van der Waals surface area contributed by atoms with Gasteiger partial charge in [0.2, 0.25) is 0 Å². The molecular weight excluding hydrogens is 229 g/mol. The van der Waals surface area contributed by atoms with Crippen LogP contribution in [0.4, 0.5) is 4.39 Å². The van der Waals surface area contributed by atoms with Crippen LogP contribution in [-0.2, 0) is 4.74 Å². The lowest BCUT2D eigenvalue weighted by Gasteiger charge is -2.17. The standard InChI is InChI=1S/C15H24FNO/c1-3-4-10-18-11-9-14(12-17-2)13-5-7-15(16)8-6-13/h5-8,14,17H,3-4,9-12H2,1-2H3. The van der Waals surface area contributed by atoms with Gasteiger partial charge < -0.3 is 10.1 Å². The maximum Gasteiger partial charge on any atom is 0.123 e. The molecule has 2 nitrogen and oxygen atoms in total. The molecule has 1 rings (SSSR count). The third-order valence-corrected chi connectivity index (χ3v) is 3.04. The minimum Gasteiger partial charge on any atom is -0.381 e. The van der Waals surface area contributed by atoms with E-state index in [1.165, 1.54) is 17.7 Å². The molecule has 18 heavy (non-hydrogen) atoms. The van der Waals surface area contributed by atoms with Gasteiger partial charge in [0.1, 0.15) is 5.82 Å². The van der Waals surface area contributed by atoms with E-state index in [4.69, 9.17) is 4.74 Å². The molecule has 0 bridgehead atoms. The Bertz CT molecular complexity index is 313. The van der Waals surface area contributed by atoms with Gasteiger partial charge in [-0.3, -0.25) is 0 Å². The largest absolute Gasteiger partial charge is 0.381 e. The minimum atomic E-state index is -0.179. The van der Waals surface area contributed by atoms with Crippen LogP contribution in [0.5, 0.6) is 0 Å². The molecule has 0 saturated heterocycles. The Morgan fingerprint density at radius 3 is 2.56 bits per heavy atom. The summed E-state index contributed by atoms with van der Waals surface area (Å²) in [5, 5.41) is 3.18.